The van der Waals surface area contributed by atoms with E-state index in [2.05, 4.69) is 14.9 Å². The zero-order valence-corrected chi connectivity index (χ0v) is 19.8. The van der Waals surface area contributed by atoms with Gasteiger partial charge in [-0.1, -0.05) is 30.0 Å². The third-order valence-corrected chi connectivity index (χ3v) is 6.61. The van der Waals surface area contributed by atoms with Crippen LogP contribution in [0.4, 0.5) is 10.6 Å². The Morgan fingerprint density at radius 2 is 1.76 bits per heavy atom. The fourth-order valence-corrected chi connectivity index (χ4v) is 4.56. The predicted octanol–water partition coefficient (Wildman–Crippen LogP) is 3.10. The minimum atomic E-state index is -0.879. The number of imidazole rings is 1. The number of carbonyl (C=O) groups excluding carboxylic acids is 1. The Labute approximate surface area is 202 Å². The second-order valence-corrected chi connectivity index (χ2v) is 9.06. The summed E-state index contributed by atoms with van der Waals surface area (Å²) in [6.07, 6.45) is 5.82. The second-order valence-electron chi connectivity index (χ2n) is 8.00. The van der Waals surface area contributed by atoms with E-state index >= 15 is 0 Å². The normalized spacial score (nSPS) is 13.7. The largest absolute Gasteiger partial charge is 0.481 e. The van der Waals surface area contributed by atoms with E-state index in [0.29, 0.717) is 37.5 Å². The van der Waals surface area contributed by atoms with E-state index in [1.807, 2.05) is 48.1 Å². The highest BCUT2D eigenvalue weighted by molar-refractivity contribution is 7.99. The van der Waals surface area contributed by atoms with Gasteiger partial charge in [-0.3, -0.25) is 4.79 Å². The Morgan fingerprint density at radius 1 is 1.03 bits per heavy atom. The summed E-state index contributed by atoms with van der Waals surface area (Å²) in [6, 6.07) is 11.2. The van der Waals surface area contributed by atoms with Crippen molar-refractivity contribution in [1.82, 2.24) is 19.4 Å². The van der Waals surface area contributed by atoms with Crippen LogP contribution in [0.15, 0.2) is 60.1 Å². The number of rotatable bonds is 8. The molecule has 1 amide bonds. The first-order valence-electron chi connectivity index (χ1n) is 11.1. The van der Waals surface area contributed by atoms with E-state index in [4.69, 9.17) is 9.84 Å². The number of anilines is 1. The number of thioether (sulfide) groups is 1. The first-order valence-corrected chi connectivity index (χ1v) is 12.0. The molecule has 1 N–H and O–H groups in total. The van der Waals surface area contributed by atoms with Crippen molar-refractivity contribution in [2.24, 2.45) is 7.05 Å². The molecule has 3 aromatic rings. The van der Waals surface area contributed by atoms with Crippen molar-refractivity contribution >= 4 is 29.6 Å². The van der Waals surface area contributed by atoms with Crippen molar-refractivity contribution < 1.29 is 19.4 Å². The van der Waals surface area contributed by atoms with Gasteiger partial charge >= 0.3 is 12.1 Å². The Morgan fingerprint density at radius 3 is 2.38 bits per heavy atom. The van der Waals surface area contributed by atoms with Gasteiger partial charge in [0.25, 0.3) is 0 Å². The summed E-state index contributed by atoms with van der Waals surface area (Å²) >= 11 is 1.71. The van der Waals surface area contributed by atoms with Crippen LogP contribution in [0.25, 0.3) is 0 Å². The van der Waals surface area contributed by atoms with Crippen LogP contribution in [-0.2, 0) is 24.7 Å². The summed E-state index contributed by atoms with van der Waals surface area (Å²) < 4.78 is 7.56. The lowest BCUT2D eigenvalue weighted by Gasteiger charge is -2.34. The molecule has 1 aliphatic heterocycles. The van der Waals surface area contributed by atoms with Gasteiger partial charge in [-0.2, -0.15) is 0 Å². The molecule has 3 heterocycles. The van der Waals surface area contributed by atoms with E-state index in [9.17, 15) is 9.59 Å². The number of amides is 1. The molecule has 0 bridgehead atoms. The van der Waals surface area contributed by atoms with Gasteiger partial charge in [0.05, 0.1) is 6.42 Å². The molecule has 2 aromatic heterocycles. The van der Waals surface area contributed by atoms with Crippen molar-refractivity contribution in [2.45, 2.75) is 18.0 Å². The number of aliphatic carboxylic acids is 1. The highest BCUT2D eigenvalue weighted by Crippen LogP contribution is 2.20. The average molecular weight is 482 g/mol. The molecule has 0 spiro atoms. The molecule has 0 saturated carbocycles. The molecule has 1 aromatic carbocycles. The van der Waals surface area contributed by atoms with E-state index in [0.717, 1.165) is 23.1 Å². The van der Waals surface area contributed by atoms with Crippen molar-refractivity contribution in [2.75, 3.05) is 36.8 Å². The maximum absolute atomic E-state index is 12.6. The van der Waals surface area contributed by atoms with Crippen molar-refractivity contribution in [3.8, 4) is 5.75 Å². The fourth-order valence-electron chi connectivity index (χ4n) is 3.64. The molecule has 4 rings (SSSR count). The van der Waals surface area contributed by atoms with Gasteiger partial charge < -0.3 is 24.2 Å². The molecule has 0 radical (unpaired) electrons. The number of carbonyl (C=O) groups is 2. The van der Waals surface area contributed by atoms with E-state index in [1.54, 1.807) is 35.1 Å². The van der Waals surface area contributed by atoms with Crippen LogP contribution >= 0.6 is 11.8 Å². The Hall–Kier alpha value is -3.53. The Balaban J connectivity index is 1.21. The van der Waals surface area contributed by atoms with Gasteiger partial charge in [-0.15, -0.1) is 0 Å². The van der Waals surface area contributed by atoms with Gasteiger partial charge in [-0.25, -0.2) is 14.8 Å². The van der Waals surface area contributed by atoms with E-state index in [1.165, 1.54) is 5.56 Å². The van der Waals surface area contributed by atoms with Crippen molar-refractivity contribution in [1.29, 1.82) is 0 Å². The molecule has 0 unspecified atom stereocenters. The molecule has 34 heavy (non-hydrogen) atoms. The van der Waals surface area contributed by atoms with Crippen LogP contribution in [0.3, 0.4) is 0 Å². The molecule has 0 aliphatic carbocycles. The monoisotopic (exact) mass is 481 g/mol. The van der Waals surface area contributed by atoms with Gasteiger partial charge in [0, 0.05) is 57.6 Å². The highest BCUT2D eigenvalue weighted by Gasteiger charge is 2.23. The van der Waals surface area contributed by atoms with Gasteiger partial charge in [0.1, 0.15) is 11.6 Å². The smallest absolute Gasteiger partial charge is 0.415 e. The first-order chi connectivity index (χ1) is 16.5. The minimum Gasteiger partial charge on any atom is -0.481 e. The number of pyridine rings is 1. The molecule has 1 saturated heterocycles. The molecule has 178 valence electrons. The number of ether oxygens (including phenoxy) is 1. The zero-order chi connectivity index (χ0) is 23.9. The number of piperazine rings is 1. The quantitative estimate of drug-likeness (QED) is 0.490. The first kappa shape index (κ1) is 23.6. The second kappa shape index (κ2) is 11.1. The zero-order valence-electron chi connectivity index (χ0n) is 19.0. The molecular formula is C24H27N5O4S. The Kier molecular flexibility index (Phi) is 7.69. The summed E-state index contributed by atoms with van der Waals surface area (Å²) in [4.78, 5) is 35.8. The van der Waals surface area contributed by atoms with E-state index in [-0.39, 0.29) is 12.5 Å². The van der Waals surface area contributed by atoms with Gasteiger partial charge in [-0.05, 0) is 35.7 Å². The molecular weight excluding hydrogens is 454 g/mol. The summed E-state index contributed by atoms with van der Waals surface area (Å²) in [5.74, 6) is 1.35. The number of aromatic nitrogens is 3. The standard InChI is InChI=1S/C24H27N5O4S/c1-27-10-9-25-23(27)34-15-8-18-2-5-20(6-3-18)33-24(32)29-13-11-28(12-14-29)21-7-4-19(17-26-21)16-22(30)31/h2-7,9-10,17H,8,11-16H2,1H3,(H,30,31). The van der Waals surface area contributed by atoms with Crippen LogP contribution in [0.2, 0.25) is 0 Å². The molecule has 1 aliphatic rings. The van der Waals surface area contributed by atoms with Crippen LogP contribution in [0.5, 0.6) is 5.75 Å². The number of carboxylic acids is 1. The number of hydrogen-bond donors (Lipinski definition) is 1. The molecule has 1 fully saturated rings. The SMILES string of the molecule is Cn1ccnc1SCCc1ccc(OC(=O)N2CCN(c3ccc(CC(=O)O)cn3)CC2)cc1. The summed E-state index contributed by atoms with van der Waals surface area (Å²) in [6.45, 7) is 2.32. The van der Waals surface area contributed by atoms with Crippen molar-refractivity contribution in [3.05, 3.63) is 66.1 Å². The third kappa shape index (κ3) is 6.28. The topological polar surface area (TPSA) is 101 Å². The van der Waals surface area contributed by atoms with Crippen LogP contribution < -0.4 is 9.64 Å². The van der Waals surface area contributed by atoms with Gasteiger partial charge in [0.2, 0.25) is 0 Å². The average Bonchev–Trinajstić information content (AvgIpc) is 3.25. The van der Waals surface area contributed by atoms with E-state index < -0.39 is 5.97 Å². The minimum absolute atomic E-state index is 0.0437. The van der Waals surface area contributed by atoms with Crippen LogP contribution in [0, 0.1) is 0 Å². The molecule has 10 heteroatoms. The number of aryl methyl sites for hydroxylation is 2. The number of nitrogens with zero attached hydrogens (tertiary/aromatic N) is 5. The van der Waals surface area contributed by atoms with Crippen LogP contribution in [-0.4, -0.2) is 68.5 Å². The summed E-state index contributed by atoms with van der Waals surface area (Å²) in [5.41, 5.74) is 1.84. The lowest BCUT2D eigenvalue weighted by atomic mass is 10.2. The summed E-state index contributed by atoms with van der Waals surface area (Å²) in [7, 11) is 1.98. The maximum Gasteiger partial charge on any atom is 0.415 e. The van der Waals surface area contributed by atoms with Gasteiger partial charge in [0.15, 0.2) is 5.16 Å². The number of benzene rings is 1. The number of carboxylic acid groups (broad SMARTS) is 1. The lowest BCUT2D eigenvalue weighted by Crippen LogP contribution is -2.49. The highest BCUT2D eigenvalue weighted by atomic mass is 32.2. The molecule has 0 atom stereocenters. The molecule has 9 nitrogen and oxygen atoms in total. The maximum atomic E-state index is 12.6. The number of hydrogen-bond acceptors (Lipinski definition) is 7. The third-order valence-electron chi connectivity index (χ3n) is 5.55. The Bertz CT molecular complexity index is 1110. The summed E-state index contributed by atoms with van der Waals surface area (Å²) in [5, 5.41) is 9.87. The fraction of sp³-hybridized carbons (Fsp3) is 0.333. The van der Waals surface area contributed by atoms with Crippen molar-refractivity contribution in [3.63, 3.8) is 0 Å². The predicted molar refractivity (Wildman–Crippen MR) is 129 cm³/mol. The van der Waals surface area contributed by atoms with Crippen LogP contribution in [0.1, 0.15) is 11.1 Å². The lowest BCUT2D eigenvalue weighted by molar-refractivity contribution is -0.136.